The van der Waals surface area contributed by atoms with E-state index in [1.165, 1.54) is 0 Å². The highest BCUT2D eigenvalue weighted by Crippen LogP contribution is 2.40. The molecule has 1 aromatic rings. The van der Waals surface area contributed by atoms with Crippen LogP contribution in [0.2, 0.25) is 0 Å². The molecule has 2 heterocycles. The molecular formula is C19H27N3O5. The van der Waals surface area contributed by atoms with Gasteiger partial charge in [-0.1, -0.05) is 6.07 Å². The van der Waals surface area contributed by atoms with E-state index in [0.29, 0.717) is 26.3 Å². The standard InChI is InChI=1S/C19H27N3O5/c1-3-20-18(24)22-17(23)13(2)21-11-19(6-8-25-9-7-19)14-4-5-15-16(10-14)27-12-26-15/h4-5,10,13,21H,3,6-9,11-12H2,1-2H3,(H2,20,22,23,24)/t13-/m1/s1. The molecule has 0 saturated carbocycles. The Hall–Kier alpha value is -2.32. The summed E-state index contributed by atoms with van der Waals surface area (Å²) in [5.74, 6) is 1.15. The first-order valence-corrected chi connectivity index (χ1v) is 9.34. The fourth-order valence-corrected chi connectivity index (χ4v) is 3.42. The second-order valence-electron chi connectivity index (χ2n) is 6.91. The molecular weight excluding hydrogens is 350 g/mol. The summed E-state index contributed by atoms with van der Waals surface area (Å²) in [5.41, 5.74) is 0.971. The lowest BCUT2D eigenvalue weighted by Crippen LogP contribution is -2.52. The van der Waals surface area contributed by atoms with Crippen molar-refractivity contribution in [2.45, 2.75) is 38.1 Å². The van der Waals surface area contributed by atoms with Crippen molar-refractivity contribution in [3.8, 4) is 11.5 Å². The number of hydrogen-bond acceptors (Lipinski definition) is 6. The molecule has 2 aliphatic rings. The SMILES string of the molecule is CCNC(=O)NC(=O)[C@@H](C)NCC1(c2ccc3c(c2)OCO3)CCOCC1. The summed E-state index contributed by atoms with van der Waals surface area (Å²) >= 11 is 0. The number of hydrogen-bond donors (Lipinski definition) is 3. The summed E-state index contributed by atoms with van der Waals surface area (Å²) in [7, 11) is 0. The van der Waals surface area contributed by atoms with Crippen LogP contribution in [0.5, 0.6) is 11.5 Å². The highest BCUT2D eigenvalue weighted by atomic mass is 16.7. The van der Waals surface area contributed by atoms with Gasteiger partial charge in [0.25, 0.3) is 0 Å². The van der Waals surface area contributed by atoms with Crippen LogP contribution in [0.1, 0.15) is 32.3 Å². The number of nitrogens with one attached hydrogen (secondary N) is 3. The summed E-state index contributed by atoms with van der Waals surface area (Å²) in [4.78, 5) is 23.7. The third-order valence-electron chi connectivity index (χ3n) is 5.15. The van der Waals surface area contributed by atoms with Crippen LogP contribution in [0, 0.1) is 0 Å². The van der Waals surface area contributed by atoms with E-state index in [1.54, 1.807) is 13.8 Å². The molecule has 8 nitrogen and oxygen atoms in total. The van der Waals surface area contributed by atoms with Crippen LogP contribution >= 0.6 is 0 Å². The number of urea groups is 1. The van der Waals surface area contributed by atoms with Gasteiger partial charge in [-0.3, -0.25) is 10.1 Å². The van der Waals surface area contributed by atoms with Gasteiger partial charge in [0, 0.05) is 31.7 Å². The second-order valence-corrected chi connectivity index (χ2v) is 6.91. The predicted octanol–water partition coefficient (Wildman–Crippen LogP) is 1.29. The lowest BCUT2D eigenvalue weighted by Gasteiger charge is -2.38. The largest absolute Gasteiger partial charge is 0.454 e. The van der Waals surface area contributed by atoms with E-state index < -0.39 is 12.1 Å². The molecule has 148 valence electrons. The Morgan fingerprint density at radius 1 is 1.19 bits per heavy atom. The van der Waals surface area contributed by atoms with E-state index in [4.69, 9.17) is 14.2 Å². The van der Waals surface area contributed by atoms with E-state index >= 15 is 0 Å². The smallest absolute Gasteiger partial charge is 0.321 e. The monoisotopic (exact) mass is 377 g/mol. The van der Waals surface area contributed by atoms with Crippen LogP contribution in [-0.2, 0) is 14.9 Å². The maximum absolute atomic E-state index is 12.2. The Bertz CT molecular complexity index is 688. The molecule has 1 fully saturated rings. The molecule has 0 bridgehead atoms. The van der Waals surface area contributed by atoms with Crippen LogP contribution < -0.4 is 25.4 Å². The van der Waals surface area contributed by atoms with Crippen molar-refractivity contribution in [2.24, 2.45) is 0 Å². The number of carbonyl (C=O) groups is 2. The minimum atomic E-state index is -0.499. The molecule has 1 saturated heterocycles. The first-order valence-electron chi connectivity index (χ1n) is 9.34. The summed E-state index contributed by atoms with van der Waals surface area (Å²) in [6, 6.07) is 5.03. The van der Waals surface area contributed by atoms with E-state index in [-0.39, 0.29) is 18.1 Å². The van der Waals surface area contributed by atoms with E-state index in [0.717, 1.165) is 29.9 Å². The quantitative estimate of drug-likeness (QED) is 0.691. The van der Waals surface area contributed by atoms with Crippen LogP contribution in [0.3, 0.4) is 0 Å². The Morgan fingerprint density at radius 2 is 1.93 bits per heavy atom. The van der Waals surface area contributed by atoms with Crippen molar-refractivity contribution in [3.05, 3.63) is 23.8 Å². The van der Waals surface area contributed by atoms with E-state index in [9.17, 15) is 9.59 Å². The van der Waals surface area contributed by atoms with Gasteiger partial charge in [-0.05, 0) is 44.4 Å². The third kappa shape index (κ3) is 4.51. The fraction of sp³-hybridized carbons (Fsp3) is 0.579. The van der Waals surface area contributed by atoms with E-state index in [2.05, 4.69) is 22.0 Å². The fourth-order valence-electron chi connectivity index (χ4n) is 3.42. The second kappa shape index (κ2) is 8.58. The van der Waals surface area contributed by atoms with Crippen molar-refractivity contribution in [2.75, 3.05) is 33.1 Å². The van der Waals surface area contributed by atoms with Crippen LogP contribution in [0.25, 0.3) is 0 Å². The van der Waals surface area contributed by atoms with Gasteiger partial charge in [-0.25, -0.2) is 4.79 Å². The molecule has 8 heteroatoms. The molecule has 27 heavy (non-hydrogen) atoms. The number of imide groups is 1. The van der Waals surface area contributed by atoms with Gasteiger partial charge >= 0.3 is 6.03 Å². The molecule has 0 spiro atoms. The van der Waals surface area contributed by atoms with Crippen molar-refractivity contribution >= 4 is 11.9 Å². The number of ether oxygens (including phenoxy) is 3. The van der Waals surface area contributed by atoms with Gasteiger partial charge in [0.05, 0.1) is 6.04 Å². The molecule has 3 N–H and O–H groups in total. The number of benzene rings is 1. The van der Waals surface area contributed by atoms with Crippen LogP contribution in [-0.4, -0.2) is 51.1 Å². The van der Waals surface area contributed by atoms with Crippen molar-refractivity contribution < 1.29 is 23.8 Å². The number of carbonyl (C=O) groups excluding carboxylic acids is 2. The molecule has 1 aromatic carbocycles. The van der Waals surface area contributed by atoms with Gasteiger partial charge in [0.1, 0.15) is 0 Å². The van der Waals surface area contributed by atoms with Gasteiger partial charge < -0.3 is 24.8 Å². The number of rotatable bonds is 6. The van der Waals surface area contributed by atoms with Gasteiger partial charge in [-0.15, -0.1) is 0 Å². The third-order valence-corrected chi connectivity index (χ3v) is 5.15. The summed E-state index contributed by atoms with van der Waals surface area (Å²) < 4.78 is 16.5. The zero-order chi connectivity index (χ0) is 19.3. The van der Waals surface area contributed by atoms with Crippen molar-refractivity contribution in [1.29, 1.82) is 0 Å². The Balaban J connectivity index is 1.68. The van der Waals surface area contributed by atoms with Crippen LogP contribution in [0.15, 0.2) is 18.2 Å². The van der Waals surface area contributed by atoms with Gasteiger partial charge in [-0.2, -0.15) is 0 Å². The molecule has 1 atom stereocenters. The maximum atomic E-state index is 12.2. The normalized spacial score (nSPS) is 18.6. The molecule has 0 unspecified atom stereocenters. The van der Waals surface area contributed by atoms with Gasteiger partial charge in [0.2, 0.25) is 12.7 Å². The highest BCUT2D eigenvalue weighted by Gasteiger charge is 2.36. The topological polar surface area (TPSA) is 97.9 Å². The minimum absolute atomic E-state index is 0.167. The Labute approximate surface area is 158 Å². The zero-order valence-corrected chi connectivity index (χ0v) is 15.8. The Kier molecular flexibility index (Phi) is 6.18. The highest BCUT2D eigenvalue weighted by molar-refractivity contribution is 5.96. The van der Waals surface area contributed by atoms with Crippen molar-refractivity contribution in [1.82, 2.24) is 16.0 Å². The summed E-state index contributed by atoms with van der Waals surface area (Å²) in [6.07, 6.45) is 1.68. The maximum Gasteiger partial charge on any atom is 0.321 e. The molecule has 0 aliphatic carbocycles. The summed E-state index contributed by atoms with van der Waals surface area (Å²) in [6.45, 7) is 6.18. The zero-order valence-electron chi connectivity index (χ0n) is 15.8. The summed E-state index contributed by atoms with van der Waals surface area (Å²) in [5, 5.41) is 8.18. The van der Waals surface area contributed by atoms with E-state index in [1.807, 2.05) is 12.1 Å². The lowest BCUT2D eigenvalue weighted by atomic mass is 9.74. The molecule has 0 radical (unpaired) electrons. The average Bonchev–Trinajstić information content (AvgIpc) is 3.14. The first-order chi connectivity index (χ1) is 13.0. The lowest BCUT2D eigenvalue weighted by molar-refractivity contribution is -0.121. The van der Waals surface area contributed by atoms with Gasteiger partial charge in [0.15, 0.2) is 11.5 Å². The van der Waals surface area contributed by atoms with Crippen molar-refractivity contribution in [3.63, 3.8) is 0 Å². The molecule has 2 aliphatic heterocycles. The predicted molar refractivity (Wildman–Crippen MR) is 99.0 cm³/mol. The minimum Gasteiger partial charge on any atom is -0.454 e. The first kappa shape index (κ1) is 19.4. The number of fused-ring (bicyclic) bond motifs is 1. The Morgan fingerprint density at radius 3 is 2.67 bits per heavy atom. The molecule has 3 rings (SSSR count). The average molecular weight is 377 g/mol. The van der Waals surface area contributed by atoms with Crippen LogP contribution in [0.4, 0.5) is 4.79 Å². The molecule has 0 aromatic heterocycles. The number of amides is 3. The molecule has 3 amide bonds.